The highest BCUT2D eigenvalue weighted by Crippen LogP contribution is 2.29. The van der Waals surface area contributed by atoms with Gasteiger partial charge in [0.25, 0.3) is 0 Å². The maximum absolute atomic E-state index is 11.7. The van der Waals surface area contributed by atoms with Crippen molar-refractivity contribution in [2.75, 3.05) is 11.6 Å². The maximum atomic E-state index is 11.7. The van der Waals surface area contributed by atoms with Gasteiger partial charge in [0.15, 0.2) is 0 Å². The van der Waals surface area contributed by atoms with Crippen LogP contribution in [-0.4, -0.2) is 26.0 Å². The van der Waals surface area contributed by atoms with E-state index < -0.39 is 9.84 Å². The van der Waals surface area contributed by atoms with Gasteiger partial charge in [-0.2, -0.15) is 0 Å². The van der Waals surface area contributed by atoms with Crippen molar-refractivity contribution in [3.63, 3.8) is 0 Å². The van der Waals surface area contributed by atoms with Crippen molar-refractivity contribution in [2.45, 2.75) is 43.9 Å². The molecule has 0 saturated heterocycles. The Balaban J connectivity index is 2.07. The van der Waals surface area contributed by atoms with Crippen LogP contribution in [0.2, 0.25) is 0 Å². The normalized spacial score (nSPS) is 24.2. The van der Waals surface area contributed by atoms with Crippen molar-refractivity contribution < 1.29 is 8.42 Å². The van der Waals surface area contributed by atoms with E-state index in [9.17, 15) is 8.42 Å². The van der Waals surface area contributed by atoms with Gasteiger partial charge in [0.05, 0.1) is 5.25 Å². The lowest BCUT2D eigenvalue weighted by atomic mass is 9.94. The molecule has 5 heteroatoms. The number of sulfone groups is 1. The molecule has 0 bridgehead atoms. The average Bonchev–Trinajstić information content (AvgIpc) is 2.32. The SMILES string of the molecule is Cc1ccc(NC2CCCC(S(C)(=O)=O)C2)c(Br)c1. The molecule has 2 rings (SSSR count). The summed E-state index contributed by atoms with van der Waals surface area (Å²) in [5.74, 6) is 0. The van der Waals surface area contributed by atoms with Gasteiger partial charge in [0, 0.05) is 22.5 Å². The third-order valence-corrected chi connectivity index (χ3v) is 6.01. The molecule has 1 aromatic carbocycles. The second-order valence-corrected chi connectivity index (χ2v) is 8.62. The summed E-state index contributed by atoms with van der Waals surface area (Å²) in [4.78, 5) is 0. The minimum absolute atomic E-state index is 0.192. The second kappa shape index (κ2) is 5.83. The van der Waals surface area contributed by atoms with Gasteiger partial charge in [0.1, 0.15) is 9.84 Å². The summed E-state index contributed by atoms with van der Waals surface area (Å²) in [6.45, 7) is 2.05. The van der Waals surface area contributed by atoms with E-state index >= 15 is 0 Å². The number of halogens is 1. The summed E-state index contributed by atoms with van der Waals surface area (Å²) in [6.07, 6.45) is 4.86. The Morgan fingerprint density at radius 3 is 2.68 bits per heavy atom. The summed E-state index contributed by atoms with van der Waals surface area (Å²) in [5, 5.41) is 3.28. The molecular weight excluding hydrogens is 326 g/mol. The highest BCUT2D eigenvalue weighted by Gasteiger charge is 2.28. The fourth-order valence-corrected chi connectivity index (χ4v) is 4.41. The van der Waals surface area contributed by atoms with Gasteiger partial charge < -0.3 is 5.32 Å². The molecule has 1 fully saturated rings. The van der Waals surface area contributed by atoms with Crippen LogP contribution in [0.3, 0.4) is 0 Å². The first-order chi connectivity index (χ1) is 8.86. The van der Waals surface area contributed by atoms with Crippen molar-refractivity contribution in [1.29, 1.82) is 0 Å². The first kappa shape index (κ1) is 14.9. The Labute approximate surface area is 123 Å². The molecule has 0 amide bonds. The van der Waals surface area contributed by atoms with Crippen LogP contribution in [0.15, 0.2) is 22.7 Å². The molecule has 0 spiro atoms. The number of hydrogen-bond acceptors (Lipinski definition) is 3. The molecule has 2 atom stereocenters. The summed E-state index contributed by atoms with van der Waals surface area (Å²) >= 11 is 3.55. The molecule has 106 valence electrons. The molecule has 1 aliphatic rings. The van der Waals surface area contributed by atoms with Gasteiger partial charge in [0.2, 0.25) is 0 Å². The van der Waals surface area contributed by atoms with E-state index in [1.54, 1.807) is 0 Å². The van der Waals surface area contributed by atoms with E-state index in [2.05, 4.69) is 40.3 Å². The van der Waals surface area contributed by atoms with Gasteiger partial charge in [-0.25, -0.2) is 8.42 Å². The molecule has 0 radical (unpaired) electrons. The Morgan fingerprint density at radius 1 is 1.32 bits per heavy atom. The van der Waals surface area contributed by atoms with Gasteiger partial charge >= 0.3 is 0 Å². The summed E-state index contributed by atoms with van der Waals surface area (Å²) in [6, 6.07) is 6.42. The zero-order valence-corrected chi connectivity index (χ0v) is 13.7. The molecule has 3 nitrogen and oxygen atoms in total. The van der Waals surface area contributed by atoms with Gasteiger partial charge in [-0.1, -0.05) is 12.5 Å². The van der Waals surface area contributed by atoms with E-state index in [0.717, 1.165) is 29.4 Å². The molecule has 1 saturated carbocycles. The fourth-order valence-electron chi connectivity index (χ4n) is 2.62. The van der Waals surface area contributed by atoms with Crippen molar-refractivity contribution >= 4 is 31.5 Å². The Bertz CT molecular complexity index is 557. The van der Waals surface area contributed by atoms with Gasteiger partial charge in [-0.3, -0.25) is 0 Å². The number of aryl methyl sites for hydroxylation is 1. The highest BCUT2D eigenvalue weighted by atomic mass is 79.9. The molecule has 1 aromatic rings. The third-order valence-electron chi connectivity index (χ3n) is 3.72. The van der Waals surface area contributed by atoms with Crippen molar-refractivity contribution in [2.24, 2.45) is 0 Å². The zero-order chi connectivity index (χ0) is 14.0. The predicted octanol–water partition coefficient (Wildman–Crippen LogP) is 3.53. The van der Waals surface area contributed by atoms with Gasteiger partial charge in [-0.15, -0.1) is 0 Å². The minimum atomic E-state index is -2.92. The average molecular weight is 346 g/mol. The first-order valence-corrected chi connectivity index (χ1v) is 9.32. The third kappa shape index (κ3) is 3.96. The molecule has 2 unspecified atom stereocenters. The second-order valence-electron chi connectivity index (χ2n) is 5.44. The lowest BCUT2D eigenvalue weighted by molar-refractivity contribution is 0.453. The molecule has 1 N–H and O–H groups in total. The van der Waals surface area contributed by atoms with E-state index in [-0.39, 0.29) is 11.3 Å². The molecule has 1 aliphatic carbocycles. The number of hydrogen-bond donors (Lipinski definition) is 1. The van der Waals surface area contributed by atoms with Crippen LogP contribution in [-0.2, 0) is 9.84 Å². The van der Waals surface area contributed by atoms with E-state index in [1.165, 1.54) is 11.8 Å². The molecular formula is C14H20BrNO2S. The molecule has 0 aromatic heterocycles. The topological polar surface area (TPSA) is 46.2 Å². The predicted molar refractivity (Wildman–Crippen MR) is 83.4 cm³/mol. The van der Waals surface area contributed by atoms with Crippen LogP contribution in [0.4, 0.5) is 5.69 Å². The van der Waals surface area contributed by atoms with Crippen LogP contribution < -0.4 is 5.32 Å². The number of nitrogens with one attached hydrogen (secondary N) is 1. The largest absolute Gasteiger partial charge is 0.381 e. The monoisotopic (exact) mass is 345 g/mol. The number of benzene rings is 1. The summed E-state index contributed by atoms with van der Waals surface area (Å²) < 4.78 is 24.4. The van der Waals surface area contributed by atoms with E-state index in [1.807, 2.05) is 6.07 Å². The van der Waals surface area contributed by atoms with Crippen LogP contribution in [0.1, 0.15) is 31.2 Å². The Morgan fingerprint density at radius 2 is 2.05 bits per heavy atom. The first-order valence-electron chi connectivity index (χ1n) is 6.58. The van der Waals surface area contributed by atoms with Crippen molar-refractivity contribution in [3.8, 4) is 0 Å². The lowest BCUT2D eigenvalue weighted by Crippen LogP contribution is -2.34. The molecule has 19 heavy (non-hydrogen) atoms. The standard InChI is InChI=1S/C14H20BrNO2S/c1-10-6-7-14(13(15)8-10)16-11-4-3-5-12(9-11)19(2,17)18/h6-8,11-12,16H,3-5,9H2,1-2H3. The highest BCUT2D eigenvalue weighted by molar-refractivity contribution is 9.10. The van der Waals surface area contributed by atoms with E-state index in [0.29, 0.717) is 6.42 Å². The zero-order valence-electron chi connectivity index (χ0n) is 11.3. The van der Waals surface area contributed by atoms with Gasteiger partial charge in [-0.05, 0) is 59.8 Å². The van der Waals surface area contributed by atoms with Crippen molar-refractivity contribution in [3.05, 3.63) is 28.2 Å². The van der Waals surface area contributed by atoms with E-state index in [4.69, 9.17) is 0 Å². The van der Waals surface area contributed by atoms with Crippen LogP contribution >= 0.6 is 15.9 Å². The van der Waals surface area contributed by atoms with Crippen molar-refractivity contribution in [1.82, 2.24) is 0 Å². The van der Waals surface area contributed by atoms with Crippen LogP contribution in [0.5, 0.6) is 0 Å². The molecule has 0 heterocycles. The maximum Gasteiger partial charge on any atom is 0.150 e. The van der Waals surface area contributed by atoms with Crippen LogP contribution in [0.25, 0.3) is 0 Å². The number of rotatable bonds is 3. The summed E-state index contributed by atoms with van der Waals surface area (Å²) in [7, 11) is -2.92. The molecule has 0 aliphatic heterocycles. The Kier molecular flexibility index (Phi) is 4.56. The minimum Gasteiger partial charge on any atom is -0.381 e. The van der Waals surface area contributed by atoms with Crippen LogP contribution in [0, 0.1) is 6.92 Å². The fraction of sp³-hybridized carbons (Fsp3) is 0.571. The quantitative estimate of drug-likeness (QED) is 0.911. The summed E-state index contributed by atoms with van der Waals surface area (Å²) in [5.41, 5.74) is 2.25. The smallest absolute Gasteiger partial charge is 0.150 e. The number of anilines is 1. The lowest BCUT2D eigenvalue weighted by Gasteiger charge is -2.29. The Hall–Kier alpha value is -0.550.